The quantitative estimate of drug-likeness (QED) is 0.628. The molecule has 0 spiro atoms. The van der Waals surface area contributed by atoms with Crippen molar-refractivity contribution in [3.8, 4) is 17.2 Å². The molecule has 0 unspecified atom stereocenters. The minimum atomic E-state index is -3.73. The Morgan fingerprint density at radius 2 is 1.59 bits per heavy atom. The van der Waals surface area contributed by atoms with Gasteiger partial charge in [0.2, 0.25) is 15.9 Å². The first kappa shape index (κ1) is 22.4. The molecule has 0 bridgehead atoms. The Kier molecular flexibility index (Phi) is 7.72. The van der Waals surface area contributed by atoms with Gasteiger partial charge in [0.15, 0.2) is 0 Å². The average Bonchev–Trinajstić information content (AvgIpc) is 2.71. The molecule has 0 fully saturated rings. The number of carbonyl (C=O) groups is 1. The van der Waals surface area contributed by atoms with Crippen LogP contribution in [0, 0.1) is 0 Å². The van der Waals surface area contributed by atoms with E-state index in [4.69, 9.17) is 14.2 Å². The maximum absolute atomic E-state index is 12.4. The van der Waals surface area contributed by atoms with Gasteiger partial charge in [0.1, 0.15) is 23.8 Å². The third-order valence-corrected chi connectivity index (χ3v) is 5.36. The Balaban J connectivity index is 2.07. The molecule has 158 valence electrons. The van der Waals surface area contributed by atoms with Gasteiger partial charge in [-0.3, -0.25) is 9.10 Å². The van der Waals surface area contributed by atoms with E-state index >= 15 is 0 Å². The van der Waals surface area contributed by atoms with Gasteiger partial charge < -0.3 is 19.5 Å². The third kappa shape index (κ3) is 6.28. The molecule has 9 heteroatoms. The Labute approximate surface area is 171 Å². The van der Waals surface area contributed by atoms with E-state index in [1.54, 1.807) is 19.2 Å². The Bertz CT molecular complexity index is 928. The molecule has 29 heavy (non-hydrogen) atoms. The van der Waals surface area contributed by atoms with Gasteiger partial charge in [-0.05, 0) is 36.2 Å². The lowest BCUT2D eigenvalue weighted by Crippen LogP contribution is -2.41. The number of sulfonamides is 1. The van der Waals surface area contributed by atoms with Crippen LogP contribution in [-0.4, -0.2) is 55.0 Å². The van der Waals surface area contributed by atoms with Gasteiger partial charge in [0, 0.05) is 12.6 Å². The van der Waals surface area contributed by atoms with E-state index in [9.17, 15) is 13.2 Å². The number of ether oxygens (including phenoxy) is 3. The topological polar surface area (TPSA) is 94.2 Å². The molecule has 0 radical (unpaired) electrons. The fraction of sp³-hybridized carbons (Fsp3) is 0.350. The van der Waals surface area contributed by atoms with Crippen molar-refractivity contribution in [1.82, 2.24) is 5.32 Å². The summed E-state index contributed by atoms with van der Waals surface area (Å²) in [5, 5.41) is 2.75. The maximum Gasteiger partial charge on any atom is 0.240 e. The minimum Gasteiger partial charge on any atom is -0.497 e. The van der Waals surface area contributed by atoms with Gasteiger partial charge in [-0.25, -0.2) is 8.42 Å². The molecule has 0 aliphatic rings. The number of nitrogens with zero attached hydrogens (tertiary/aromatic N) is 1. The van der Waals surface area contributed by atoms with Crippen LogP contribution in [-0.2, 0) is 21.2 Å². The summed E-state index contributed by atoms with van der Waals surface area (Å²) < 4.78 is 41.2. The van der Waals surface area contributed by atoms with Crippen LogP contribution in [0.4, 0.5) is 5.69 Å². The molecular weight excluding hydrogens is 396 g/mol. The number of rotatable bonds is 10. The van der Waals surface area contributed by atoms with Crippen molar-refractivity contribution in [2.75, 3.05) is 45.0 Å². The fourth-order valence-corrected chi connectivity index (χ4v) is 3.55. The maximum atomic E-state index is 12.4. The molecule has 2 aromatic carbocycles. The van der Waals surface area contributed by atoms with Crippen molar-refractivity contribution in [2.45, 2.75) is 6.42 Å². The summed E-state index contributed by atoms with van der Waals surface area (Å²) >= 11 is 0. The largest absolute Gasteiger partial charge is 0.497 e. The third-order valence-electron chi connectivity index (χ3n) is 4.24. The number of hydrogen-bond acceptors (Lipinski definition) is 6. The van der Waals surface area contributed by atoms with Crippen LogP contribution < -0.4 is 23.8 Å². The smallest absolute Gasteiger partial charge is 0.240 e. The fourth-order valence-electron chi connectivity index (χ4n) is 2.70. The molecule has 1 amide bonds. The first-order chi connectivity index (χ1) is 13.8. The van der Waals surface area contributed by atoms with E-state index in [1.165, 1.54) is 20.3 Å². The van der Waals surface area contributed by atoms with Crippen LogP contribution in [0.3, 0.4) is 0 Å². The van der Waals surface area contributed by atoms with Crippen LogP contribution in [0.2, 0.25) is 0 Å². The van der Waals surface area contributed by atoms with Crippen LogP contribution in [0.15, 0.2) is 42.5 Å². The normalized spacial score (nSPS) is 10.9. The number of carbonyl (C=O) groups excluding carboxylic acids is 1. The summed E-state index contributed by atoms with van der Waals surface area (Å²) in [6, 6.07) is 12.3. The zero-order valence-corrected chi connectivity index (χ0v) is 17.8. The average molecular weight is 423 g/mol. The first-order valence-corrected chi connectivity index (χ1v) is 10.7. The molecule has 0 atom stereocenters. The highest BCUT2D eigenvalue weighted by atomic mass is 32.2. The summed E-state index contributed by atoms with van der Waals surface area (Å²) in [6.07, 6.45) is 1.65. The highest BCUT2D eigenvalue weighted by Gasteiger charge is 2.24. The molecule has 0 saturated heterocycles. The lowest BCUT2D eigenvalue weighted by Gasteiger charge is -2.24. The van der Waals surface area contributed by atoms with E-state index in [-0.39, 0.29) is 12.2 Å². The summed E-state index contributed by atoms with van der Waals surface area (Å²) in [5.74, 6) is 1.11. The van der Waals surface area contributed by atoms with E-state index in [2.05, 4.69) is 5.32 Å². The lowest BCUT2D eigenvalue weighted by molar-refractivity contribution is -0.119. The highest BCUT2D eigenvalue weighted by molar-refractivity contribution is 7.92. The predicted octanol–water partition coefficient (Wildman–Crippen LogP) is 1.84. The predicted molar refractivity (Wildman–Crippen MR) is 111 cm³/mol. The summed E-state index contributed by atoms with van der Waals surface area (Å²) in [6.45, 7) is 0.00296. The number of nitrogens with one attached hydrogen (secondary N) is 1. The number of benzene rings is 2. The first-order valence-electron chi connectivity index (χ1n) is 8.88. The van der Waals surface area contributed by atoms with Crippen LogP contribution in [0.5, 0.6) is 17.2 Å². The van der Waals surface area contributed by atoms with Crippen molar-refractivity contribution < 1.29 is 27.4 Å². The molecule has 1 N–H and O–H groups in total. The molecule has 0 aliphatic carbocycles. The van der Waals surface area contributed by atoms with Crippen molar-refractivity contribution in [1.29, 1.82) is 0 Å². The second kappa shape index (κ2) is 10.0. The van der Waals surface area contributed by atoms with Crippen molar-refractivity contribution in [2.24, 2.45) is 0 Å². The highest BCUT2D eigenvalue weighted by Crippen LogP contribution is 2.33. The van der Waals surface area contributed by atoms with E-state index < -0.39 is 15.9 Å². The van der Waals surface area contributed by atoms with Gasteiger partial charge in [-0.15, -0.1) is 0 Å². The number of anilines is 1. The second-order valence-electron chi connectivity index (χ2n) is 6.26. The van der Waals surface area contributed by atoms with Crippen molar-refractivity contribution in [3.05, 3.63) is 48.0 Å². The summed E-state index contributed by atoms with van der Waals surface area (Å²) in [7, 11) is 0.771. The SMILES string of the molecule is COc1ccc(CCNC(=O)CN(c2cc(OC)ccc2OC)S(C)(=O)=O)cc1. The Morgan fingerprint density at radius 3 is 2.14 bits per heavy atom. The van der Waals surface area contributed by atoms with Gasteiger partial charge in [-0.2, -0.15) is 0 Å². The van der Waals surface area contributed by atoms with Gasteiger partial charge in [0.25, 0.3) is 0 Å². The van der Waals surface area contributed by atoms with Gasteiger partial charge in [0.05, 0.1) is 33.3 Å². The monoisotopic (exact) mass is 422 g/mol. The zero-order chi connectivity index (χ0) is 21.4. The molecule has 2 aromatic rings. The minimum absolute atomic E-state index is 0.236. The van der Waals surface area contributed by atoms with E-state index in [0.29, 0.717) is 24.5 Å². The number of methoxy groups -OCH3 is 3. The lowest BCUT2D eigenvalue weighted by atomic mass is 10.1. The van der Waals surface area contributed by atoms with E-state index in [1.807, 2.05) is 24.3 Å². The zero-order valence-electron chi connectivity index (χ0n) is 17.0. The Morgan fingerprint density at radius 1 is 0.966 bits per heavy atom. The van der Waals surface area contributed by atoms with Gasteiger partial charge in [-0.1, -0.05) is 12.1 Å². The van der Waals surface area contributed by atoms with E-state index in [0.717, 1.165) is 21.9 Å². The van der Waals surface area contributed by atoms with Crippen molar-refractivity contribution >= 4 is 21.6 Å². The summed E-state index contributed by atoms with van der Waals surface area (Å²) in [4.78, 5) is 12.4. The molecule has 0 aliphatic heterocycles. The molecule has 0 saturated carbocycles. The Hall–Kier alpha value is -2.94. The second-order valence-corrected chi connectivity index (χ2v) is 8.16. The molecular formula is C20H26N2O6S. The van der Waals surface area contributed by atoms with Crippen molar-refractivity contribution in [3.63, 3.8) is 0 Å². The number of hydrogen-bond donors (Lipinski definition) is 1. The van der Waals surface area contributed by atoms with Crippen LogP contribution >= 0.6 is 0 Å². The molecule has 0 aromatic heterocycles. The molecule has 8 nitrogen and oxygen atoms in total. The summed E-state index contributed by atoms with van der Waals surface area (Å²) in [5.41, 5.74) is 1.26. The number of amides is 1. The standard InChI is InChI=1S/C20H26N2O6S/c1-26-16-7-5-15(6-8-16)11-12-21-20(23)14-22(29(4,24)25)18-13-17(27-2)9-10-19(18)28-3/h5-10,13H,11-12,14H2,1-4H3,(H,21,23). The molecule has 2 rings (SSSR count). The van der Waals surface area contributed by atoms with Crippen LogP contribution in [0.25, 0.3) is 0 Å². The molecule has 0 heterocycles. The van der Waals surface area contributed by atoms with Gasteiger partial charge >= 0.3 is 0 Å². The van der Waals surface area contributed by atoms with Crippen LogP contribution in [0.1, 0.15) is 5.56 Å².